The molecule has 8 heteroatoms. The minimum Gasteiger partial charge on any atom is -0.351 e. The zero-order valence-electron chi connectivity index (χ0n) is 10.4. The molecule has 0 unspecified atom stereocenters. The maximum atomic E-state index is 12.8. The van der Waals surface area contributed by atoms with Gasteiger partial charge in [-0.1, -0.05) is 0 Å². The predicted molar refractivity (Wildman–Crippen MR) is 66.5 cm³/mol. The quantitative estimate of drug-likeness (QED) is 0.889. The third kappa shape index (κ3) is 3.08. The van der Waals surface area contributed by atoms with Gasteiger partial charge in [-0.05, 0) is 25.1 Å². The SMILES string of the molecule is Cc1cn(-c2cc(NC(N)=O)cc(C(F)(F)F)c2)cn1. The zero-order valence-corrected chi connectivity index (χ0v) is 10.4. The van der Waals surface area contributed by atoms with Crippen LogP contribution in [0.15, 0.2) is 30.7 Å². The third-order valence-electron chi connectivity index (χ3n) is 2.52. The Balaban J connectivity index is 2.53. The van der Waals surface area contributed by atoms with Crippen LogP contribution in [0.25, 0.3) is 5.69 Å². The van der Waals surface area contributed by atoms with Crippen LogP contribution in [0.3, 0.4) is 0 Å². The average Bonchev–Trinajstić information content (AvgIpc) is 2.73. The van der Waals surface area contributed by atoms with Crippen LogP contribution in [0.1, 0.15) is 11.3 Å². The van der Waals surface area contributed by atoms with E-state index >= 15 is 0 Å². The number of carbonyl (C=O) groups excluding carboxylic acids is 1. The lowest BCUT2D eigenvalue weighted by Gasteiger charge is -2.12. The Kier molecular flexibility index (Phi) is 3.39. The molecule has 1 heterocycles. The van der Waals surface area contributed by atoms with Crippen molar-refractivity contribution >= 4 is 11.7 Å². The van der Waals surface area contributed by atoms with Gasteiger partial charge in [-0.15, -0.1) is 0 Å². The maximum Gasteiger partial charge on any atom is 0.416 e. The van der Waals surface area contributed by atoms with Gasteiger partial charge in [-0.3, -0.25) is 0 Å². The number of benzene rings is 1. The second-order valence-electron chi connectivity index (χ2n) is 4.18. The van der Waals surface area contributed by atoms with Gasteiger partial charge in [0.15, 0.2) is 0 Å². The van der Waals surface area contributed by atoms with Crippen molar-refractivity contribution in [2.75, 3.05) is 5.32 Å². The molecule has 3 N–H and O–H groups in total. The molecule has 5 nitrogen and oxygen atoms in total. The fourth-order valence-corrected chi connectivity index (χ4v) is 1.70. The number of aromatic nitrogens is 2. The van der Waals surface area contributed by atoms with Crippen molar-refractivity contribution in [3.05, 3.63) is 42.0 Å². The summed E-state index contributed by atoms with van der Waals surface area (Å²) in [6, 6.07) is 2.23. The highest BCUT2D eigenvalue weighted by Gasteiger charge is 2.31. The van der Waals surface area contributed by atoms with Crippen LogP contribution in [0.2, 0.25) is 0 Å². The first-order chi connectivity index (χ1) is 9.25. The molecule has 0 aliphatic heterocycles. The minimum absolute atomic E-state index is 0.0336. The summed E-state index contributed by atoms with van der Waals surface area (Å²) < 4.78 is 39.9. The monoisotopic (exact) mass is 284 g/mol. The topological polar surface area (TPSA) is 72.9 Å². The number of nitrogens with one attached hydrogen (secondary N) is 1. The Labute approximate surface area is 112 Å². The Hall–Kier alpha value is -2.51. The number of anilines is 1. The van der Waals surface area contributed by atoms with Crippen molar-refractivity contribution in [3.63, 3.8) is 0 Å². The van der Waals surface area contributed by atoms with Crippen molar-refractivity contribution in [1.29, 1.82) is 0 Å². The first-order valence-electron chi connectivity index (χ1n) is 5.55. The van der Waals surface area contributed by atoms with E-state index in [-0.39, 0.29) is 11.4 Å². The van der Waals surface area contributed by atoms with E-state index in [0.29, 0.717) is 5.69 Å². The summed E-state index contributed by atoms with van der Waals surface area (Å²) >= 11 is 0. The third-order valence-corrected chi connectivity index (χ3v) is 2.52. The highest BCUT2D eigenvalue weighted by molar-refractivity contribution is 5.88. The molecule has 2 rings (SSSR count). The first kappa shape index (κ1) is 13.9. The maximum absolute atomic E-state index is 12.8. The summed E-state index contributed by atoms with van der Waals surface area (Å²) in [5, 5.41) is 2.14. The number of amides is 2. The Morgan fingerprint density at radius 1 is 1.35 bits per heavy atom. The fraction of sp³-hybridized carbons (Fsp3) is 0.167. The van der Waals surface area contributed by atoms with E-state index in [0.717, 1.165) is 12.1 Å². The Morgan fingerprint density at radius 3 is 2.55 bits per heavy atom. The smallest absolute Gasteiger partial charge is 0.351 e. The Morgan fingerprint density at radius 2 is 2.05 bits per heavy atom. The second kappa shape index (κ2) is 4.87. The van der Waals surface area contributed by atoms with Crippen molar-refractivity contribution < 1.29 is 18.0 Å². The van der Waals surface area contributed by atoms with Gasteiger partial charge in [0.1, 0.15) is 0 Å². The number of hydrogen-bond acceptors (Lipinski definition) is 2. The van der Waals surface area contributed by atoms with E-state index < -0.39 is 17.8 Å². The molecule has 1 aromatic heterocycles. The first-order valence-corrected chi connectivity index (χ1v) is 5.55. The zero-order chi connectivity index (χ0) is 14.9. The van der Waals surface area contributed by atoms with Crippen molar-refractivity contribution in [2.24, 2.45) is 5.73 Å². The molecule has 2 aromatic rings. The summed E-state index contributed by atoms with van der Waals surface area (Å²) in [5.41, 5.74) is 4.89. The molecule has 0 bridgehead atoms. The Bertz CT molecular complexity index is 648. The molecule has 0 atom stereocenters. The lowest BCUT2D eigenvalue weighted by molar-refractivity contribution is -0.137. The molecule has 0 aliphatic carbocycles. The van der Waals surface area contributed by atoms with E-state index in [1.165, 1.54) is 17.0 Å². The van der Waals surface area contributed by atoms with Crippen molar-refractivity contribution in [2.45, 2.75) is 13.1 Å². The van der Waals surface area contributed by atoms with Gasteiger partial charge in [-0.2, -0.15) is 13.2 Å². The number of carbonyl (C=O) groups is 1. The number of hydrogen-bond donors (Lipinski definition) is 2. The van der Waals surface area contributed by atoms with E-state index in [9.17, 15) is 18.0 Å². The van der Waals surface area contributed by atoms with Crippen LogP contribution in [-0.2, 0) is 6.18 Å². The molecule has 106 valence electrons. The van der Waals surface area contributed by atoms with Gasteiger partial charge in [0.05, 0.1) is 17.6 Å². The number of nitrogens with two attached hydrogens (primary N) is 1. The number of primary amides is 1. The summed E-state index contributed by atoms with van der Waals surface area (Å²) in [5.74, 6) is 0. The number of rotatable bonds is 2. The highest BCUT2D eigenvalue weighted by atomic mass is 19.4. The summed E-state index contributed by atoms with van der Waals surface area (Å²) in [7, 11) is 0. The average molecular weight is 284 g/mol. The molecule has 20 heavy (non-hydrogen) atoms. The second-order valence-corrected chi connectivity index (χ2v) is 4.18. The van der Waals surface area contributed by atoms with Crippen LogP contribution in [0, 0.1) is 6.92 Å². The molecular formula is C12H11F3N4O. The van der Waals surface area contributed by atoms with Crippen molar-refractivity contribution in [3.8, 4) is 5.69 Å². The standard InChI is InChI=1S/C12H11F3N4O/c1-7-5-19(6-17-7)10-3-8(12(13,14)15)2-9(4-10)18-11(16)20/h2-6H,1H3,(H3,16,18,20). The predicted octanol–water partition coefficient (Wildman–Crippen LogP) is 2.69. The number of alkyl halides is 3. The van der Waals surface area contributed by atoms with Crippen molar-refractivity contribution in [1.82, 2.24) is 9.55 Å². The summed E-state index contributed by atoms with van der Waals surface area (Å²) in [6.07, 6.45) is -1.57. The van der Waals surface area contributed by atoms with Crippen LogP contribution in [0.5, 0.6) is 0 Å². The normalized spacial score (nSPS) is 11.4. The van der Waals surface area contributed by atoms with Crippen LogP contribution < -0.4 is 11.1 Å². The van der Waals surface area contributed by atoms with Crippen LogP contribution in [-0.4, -0.2) is 15.6 Å². The van der Waals surface area contributed by atoms with Gasteiger partial charge >= 0.3 is 12.2 Å². The largest absolute Gasteiger partial charge is 0.416 e. The number of urea groups is 1. The van der Waals surface area contributed by atoms with Gasteiger partial charge < -0.3 is 15.6 Å². The van der Waals surface area contributed by atoms with Gasteiger partial charge in [0.25, 0.3) is 0 Å². The summed E-state index contributed by atoms with van der Waals surface area (Å²) in [4.78, 5) is 14.7. The summed E-state index contributed by atoms with van der Waals surface area (Å²) in [6.45, 7) is 1.71. The van der Waals surface area contributed by atoms with E-state index in [1.54, 1.807) is 13.1 Å². The van der Waals surface area contributed by atoms with Crippen LogP contribution >= 0.6 is 0 Å². The molecule has 2 amide bonds. The van der Waals surface area contributed by atoms with E-state index in [4.69, 9.17) is 5.73 Å². The van der Waals surface area contributed by atoms with Gasteiger partial charge in [0.2, 0.25) is 0 Å². The molecule has 0 fully saturated rings. The number of nitrogens with zero attached hydrogens (tertiary/aromatic N) is 2. The number of halogens is 3. The molecule has 0 spiro atoms. The molecule has 0 aliphatic rings. The number of imidazole rings is 1. The highest BCUT2D eigenvalue weighted by Crippen LogP contribution is 2.33. The van der Waals surface area contributed by atoms with Gasteiger partial charge in [0, 0.05) is 17.6 Å². The number of aryl methyl sites for hydroxylation is 1. The molecule has 1 aromatic carbocycles. The lowest BCUT2D eigenvalue weighted by Crippen LogP contribution is -2.20. The fourth-order valence-electron chi connectivity index (χ4n) is 1.70. The minimum atomic E-state index is -4.53. The van der Waals surface area contributed by atoms with Crippen LogP contribution in [0.4, 0.5) is 23.7 Å². The molecule has 0 saturated heterocycles. The van der Waals surface area contributed by atoms with Gasteiger partial charge in [-0.25, -0.2) is 9.78 Å². The molecule has 0 saturated carbocycles. The van der Waals surface area contributed by atoms with E-state index in [2.05, 4.69) is 10.3 Å². The lowest BCUT2D eigenvalue weighted by atomic mass is 10.1. The molecular weight excluding hydrogens is 273 g/mol. The van der Waals surface area contributed by atoms with E-state index in [1.807, 2.05) is 0 Å². The molecule has 0 radical (unpaired) electrons.